The lowest BCUT2D eigenvalue weighted by molar-refractivity contribution is 0.492. The van der Waals surface area contributed by atoms with Gasteiger partial charge in [0.25, 0.3) is 0 Å². The van der Waals surface area contributed by atoms with E-state index in [0.717, 1.165) is 12.1 Å². The van der Waals surface area contributed by atoms with Gasteiger partial charge in [-0.05, 0) is 30.2 Å². The van der Waals surface area contributed by atoms with Gasteiger partial charge < -0.3 is 0 Å². The van der Waals surface area contributed by atoms with Crippen LogP contribution in [0.1, 0.15) is 17.2 Å². The largest absolute Gasteiger partial charge is 0.271 e. The van der Waals surface area contributed by atoms with Crippen LogP contribution in [0, 0.1) is 17.5 Å². The highest BCUT2D eigenvalue weighted by Gasteiger charge is 2.17. The van der Waals surface area contributed by atoms with Crippen LogP contribution in [0.15, 0.2) is 36.4 Å². The maximum absolute atomic E-state index is 13.7. The molecule has 0 aliphatic rings. The third-order valence-corrected chi connectivity index (χ3v) is 3.21. The minimum Gasteiger partial charge on any atom is -0.271 e. The lowest BCUT2D eigenvalue weighted by Gasteiger charge is -2.17. The molecule has 0 amide bonds. The topological polar surface area (TPSA) is 38.0 Å². The van der Waals surface area contributed by atoms with E-state index in [1.807, 2.05) is 0 Å². The van der Waals surface area contributed by atoms with Gasteiger partial charge in [-0.2, -0.15) is 0 Å². The number of nitrogens with two attached hydrogens (primary N) is 1. The number of hydrazine groups is 1. The molecule has 2 aromatic carbocycles. The highest BCUT2D eigenvalue weighted by molar-refractivity contribution is 6.30. The van der Waals surface area contributed by atoms with Crippen LogP contribution < -0.4 is 11.3 Å². The summed E-state index contributed by atoms with van der Waals surface area (Å²) in [6, 6.07) is 6.71. The molecule has 1 unspecified atom stereocenters. The second-order valence-electron chi connectivity index (χ2n) is 4.32. The third kappa shape index (κ3) is 3.30. The molecule has 3 N–H and O–H groups in total. The zero-order valence-electron chi connectivity index (χ0n) is 10.3. The van der Waals surface area contributed by atoms with Gasteiger partial charge in [0, 0.05) is 16.7 Å². The average Bonchev–Trinajstić information content (AvgIpc) is 2.39. The van der Waals surface area contributed by atoms with Gasteiger partial charge in [0.1, 0.15) is 17.5 Å². The molecule has 0 aliphatic carbocycles. The SMILES string of the molecule is NNC(Cc1ccc(Cl)cc1F)c1ccc(F)cc1F. The van der Waals surface area contributed by atoms with Crippen LogP contribution in [-0.2, 0) is 6.42 Å². The molecule has 0 aliphatic heterocycles. The molecule has 0 spiro atoms. The Labute approximate surface area is 119 Å². The van der Waals surface area contributed by atoms with E-state index in [-0.39, 0.29) is 17.0 Å². The quantitative estimate of drug-likeness (QED) is 0.670. The fourth-order valence-electron chi connectivity index (χ4n) is 1.95. The van der Waals surface area contributed by atoms with E-state index in [1.54, 1.807) is 0 Å². The van der Waals surface area contributed by atoms with Crippen LogP contribution in [0.3, 0.4) is 0 Å². The molecular formula is C14H12ClF3N2. The van der Waals surface area contributed by atoms with E-state index >= 15 is 0 Å². The van der Waals surface area contributed by atoms with E-state index in [4.69, 9.17) is 17.4 Å². The van der Waals surface area contributed by atoms with Crippen molar-refractivity contribution in [2.24, 2.45) is 5.84 Å². The molecule has 1 atom stereocenters. The zero-order chi connectivity index (χ0) is 14.7. The van der Waals surface area contributed by atoms with Gasteiger partial charge in [0.2, 0.25) is 0 Å². The number of rotatable bonds is 4. The molecule has 2 nitrogen and oxygen atoms in total. The molecule has 0 aromatic heterocycles. The van der Waals surface area contributed by atoms with Crippen molar-refractivity contribution in [2.75, 3.05) is 0 Å². The van der Waals surface area contributed by atoms with Crippen molar-refractivity contribution in [3.05, 3.63) is 70.0 Å². The number of nitrogens with one attached hydrogen (secondary N) is 1. The average molecular weight is 301 g/mol. The second kappa shape index (κ2) is 6.26. The Morgan fingerprint density at radius 2 is 1.80 bits per heavy atom. The van der Waals surface area contributed by atoms with Crippen molar-refractivity contribution >= 4 is 11.6 Å². The van der Waals surface area contributed by atoms with Crippen molar-refractivity contribution in [1.29, 1.82) is 0 Å². The Hall–Kier alpha value is -1.56. The molecule has 0 radical (unpaired) electrons. The fourth-order valence-corrected chi connectivity index (χ4v) is 2.11. The molecule has 2 rings (SSSR count). The molecule has 20 heavy (non-hydrogen) atoms. The van der Waals surface area contributed by atoms with Crippen LogP contribution in [0.5, 0.6) is 0 Å². The van der Waals surface area contributed by atoms with Gasteiger partial charge in [0.15, 0.2) is 0 Å². The first-order valence-corrected chi connectivity index (χ1v) is 6.24. The summed E-state index contributed by atoms with van der Waals surface area (Å²) in [5.41, 5.74) is 2.91. The van der Waals surface area contributed by atoms with Crippen molar-refractivity contribution in [3.8, 4) is 0 Å². The Morgan fingerprint density at radius 1 is 1.05 bits per heavy atom. The predicted molar refractivity (Wildman–Crippen MR) is 71.5 cm³/mol. The standard InChI is InChI=1S/C14H12ClF3N2/c15-9-2-1-8(12(17)6-9)5-14(20-19)11-4-3-10(16)7-13(11)18/h1-4,6-7,14,20H,5,19H2. The van der Waals surface area contributed by atoms with Crippen LogP contribution in [0.4, 0.5) is 13.2 Å². The second-order valence-corrected chi connectivity index (χ2v) is 4.76. The monoisotopic (exact) mass is 300 g/mol. The molecule has 2 aromatic rings. The number of benzene rings is 2. The maximum Gasteiger partial charge on any atom is 0.130 e. The van der Waals surface area contributed by atoms with Gasteiger partial charge in [0.05, 0.1) is 6.04 Å². The van der Waals surface area contributed by atoms with Gasteiger partial charge in [-0.25, -0.2) is 13.2 Å². The van der Waals surface area contributed by atoms with Crippen molar-refractivity contribution < 1.29 is 13.2 Å². The highest BCUT2D eigenvalue weighted by Crippen LogP contribution is 2.24. The Balaban J connectivity index is 2.28. The minimum atomic E-state index is -0.734. The molecule has 0 saturated heterocycles. The summed E-state index contributed by atoms with van der Waals surface area (Å²) in [5, 5.41) is 0.275. The molecule has 0 saturated carbocycles. The van der Waals surface area contributed by atoms with E-state index in [1.165, 1.54) is 24.3 Å². The van der Waals surface area contributed by atoms with Crippen LogP contribution in [-0.4, -0.2) is 0 Å². The summed E-state index contributed by atoms with van der Waals surface area (Å²) in [6.45, 7) is 0. The summed E-state index contributed by atoms with van der Waals surface area (Å²) in [7, 11) is 0. The Morgan fingerprint density at radius 3 is 2.40 bits per heavy atom. The molecule has 0 fully saturated rings. The van der Waals surface area contributed by atoms with E-state index in [2.05, 4.69) is 5.43 Å². The molecule has 6 heteroatoms. The first-order valence-electron chi connectivity index (χ1n) is 5.86. The summed E-state index contributed by atoms with van der Waals surface area (Å²) >= 11 is 5.67. The van der Waals surface area contributed by atoms with Gasteiger partial charge in [-0.1, -0.05) is 23.7 Å². The fraction of sp³-hybridized carbons (Fsp3) is 0.143. The molecule has 0 heterocycles. The summed E-state index contributed by atoms with van der Waals surface area (Å²) in [6.07, 6.45) is 0.113. The number of hydrogen-bond acceptors (Lipinski definition) is 2. The van der Waals surface area contributed by atoms with Crippen molar-refractivity contribution in [2.45, 2.75) is 12.5 Å². The summed E-state index contributed by atoms with van der Waals surface area (Å²) in [4.78, 5) is 0. The molecule has 106 valence electrons. The number of halogens is 4. The van der Waals surface area contributed by atoms with Gasteiger partial charge >= 0.3 is 0 Å². The molecule has 0 bridgehead atoms. The van der Waals surface area contributed by atoms with Crippen molar-refractivity contribution in [3.63, 3.8) is 0 Å². The van der Waals surface area contributed by atoms with Crippen LogP contribution in [0.25, 0.3) is 0 Å². The van der Waals surface area contributed by atoms with Crippen molar-refractivity contribution in [1.82, 2.24) is 5.43 Å². The Kier molecular flexibility index (Phi) is 4.65. The number of hydrogen-bond donors (Lipinski definition) is 2. The summed E-state index contributed by atoms with van der Waals surface area (Å²) in [5.74, 6) is 3.47. The molecular weight excluding hydrogens is 289 g/mol. The van der Waals surface area contributed by atoms with Gasteiger partial charge in [-0.3, -0.25) is 11.3 Å². The maximum atomic E-state index is 13.7. The first-order chi connectivity index (χ1) is 9.51. The van der Waals surface area contributed by atoms with E-state index in [9.17, 15) is 13.2 Å². The smallest absolute Gasteiger partial charge is 0.130 e. The lowest BCUT2D eigenvalue weighted by Crippen LogP contribution is -2.30. The zero-order valence-corrected chi connectivity index (χ0v) is 11.1. The van der Waals surface area contributed by atoms with E-state index < -0.39 is 23.5 Å². The van der Waals surface area contributed by atoms with Gasteiger partial charge in [-0.15, -0.1) is 0 Å². The van der Waals surface area contributed by atoms with Crippen LogP contribution >= 0.6 is 11.6 Å². The first kappa shape index (κ1) is 14.8. The summed E-state index contributed by atoms with van der Waals surface area (Å²) < 4.78 is 40.3. The Bertz CT molecular complexity index is 619. The third-order valence-electron chi connectivity index (χ3n) is 2.98. The van der Waals surface area contributed by atoms with Crippen LogP contribution in [0.2, 0.25) is 5.02 Å². The highest BCUT2D eigenvalue weighted by atomic mass is 35.5. The van der Waals surface area contributed by atoms with E-state index in [0.29, 0.717) is 5.56 Å². The predicted octanol–water partition coefficient (Wildman–Crippen LogP) is 3.50. The normalized spacial score (nSPS) is 12.4. The minimum absolute atomic E-state index is 0.113. The lowest BCUT2D eigenvalue weighted by atomic mass is 9.98.